The zero-order valence-corrected chi connectivity index (χ0v) is 13.3. The van der Waals surface area contributed by atoms with Crippen molar-refractivity contribution >= 4 is 5.78 Å². The summed E-state index contributed by atoms with van der Waals surface area (Å²) in [6.07, 6.45) is 4.52. The lowest BCUT2D eigenvalue weighted by Crippen LogP contribution is -2.33. The predicted molar refractivity (Wildman–Crippen MR) is 85.8 cm³/mol. The van der Waals surface area contributed by atoms with E-state index in [1.165, 1.54) is 32.4 Å². The topological polar surface area (TPSA) is 29.5 Å². The van der Waals surface area contributed by atoms with Crippen LogP contribution in [0.1, 0.15) is 38.7 Å². The van der Waals surface area contributed by atoms with E-state index in [1.54, 1.807) is 0 Å². The van der Waals surface area contributed by atoms with Crippen LogP contribution >= 0.6 is 0 Å². The zero-order chi connectivity index (χ0) is 15.1. The second-order valence-corrected chi connectivity index (χ2v) is 6.19. The number of hydrogen-bond acceptors (Lipinski definition) is 3. The normalized spacial score (nSPS) is 16.1. The summed E-state index contributed by atoms with van der Waals surface area (Å²) in [6.45, 7) is 8.05. The lowest BCUT2D eigenvalue weighted by atomic mass is 10.0. The highest BCUT2D eigenvalue weighted by atomic mass is 16.5. The zero-order valence-electron chi connectivity index (χ0n) is 13.3. The molecule has 1 aliphatic rings. The summed E-state index contributed by atoms with van der Waals surface area (Å²) in [4.78, 5) is 14.2. The van der Waals surface area contributed by atoms with Crippen LogP contribution in [0.5, 0.6) is 5.75 Å². The van der Waals surface area contributed by atoms with E-state index in [4.69, 9.17) is 4.74 Å². The van der Waals surface area contributed by atoms with E-state index in [-0.39, 0.29) is 11.7 Å². The molecular formula is C18H27NO2. The van der Waals surface area contributed by atoms with Crippen LogP contribution in [0.25, 0.3) is 0 Å². The largest absolute Gasteiger partial charge is 0.492 e. The number of benzene rings is 1. The lowest BCUT2D eigenvalue weighted by Gasteiger charge is -2.26. The molecule has 1 fully saturated rings. The number of hydrogen-bond donors (Lipinski definition) is 0. The molecule has 21 heavy (non-hydrogen) atoms. The summed E-state index contributed by atoms with van der Waals surface area (Å²) in [7, 11) is 0. The van der Waals surface area contributed by atoms with E-state index in [1.807, 2.05) is 38.1 Å². The van der Waals surface area contributed by atoms with Gasteiger partial charge in [0, 0.05) is 18.9 Å². The van der Waals surface area contributed by atoms with Gasteiger partial charge >= 0.3 is 0 Å². The molecule has 0 radical (unpaired) electrons. The number of likely N-dealkylation sites (tertiary alicyclic amines) is 1. The minimum absolute atomic E-state index is 0.102. The molecule has 2 rings (SSSR count). The summed E-state index contributed by atoms with van der Waals surface area (Å²) in [5.41, 5.74) is 1.07. The Kier molecular flexibility index (Phi) is 6.24. The fourth-order valence-electron chi connectivity index (χ4n) is 2.58. The Morgan fingerprint density at radius 1 is 1.14 bits per heavy atom. The number of ether oxygens (including phenoxy) is 1. The molecule has 0 bridgehead atoms. The van der Waals surface area contributed by atoms with Gasteiger partial charge in [0.25, 0.3) is 0 Å². The Balaban J connectivity index is 1.73. The van der Waals surface area contributed by atoms with Crippen LogP contribution in [0.15, 0.2) is 24.3 Å². The van der Waals surface area contributed by atoms with Crippen LogP contribution in [0, 0.1) is 5.92 Å². The van der Waals surface area contributed by atoms with Crippen molar-refractivity contribution < 1.29 is 9.53 Å². The van der Waals surface area contributed by atoms with Crippen LogP contribution in [0.2, 0.25) is 0 Å². The fraction of sp³-hybridized carbons (Fsp3) is 0.611. The number of nitrogens with zero attached hydrogens (tertiary/aromatic N) is 1. The third-order valence-electron chi connectivity index (χ3n) is 4.07. The standard InChI is InChI=1S/C18H27NO2/c1-15(2)18(20)14-16-6-8-17(9-7-16)21-13-12-19-10-4-3-5-11-19/h6-9,15H,3-5,10-14H2,1-2H3. The maximum absolute atomic E-state index is 11.7. The van der Waals surface area contributed by atoms with E-state index in [9.17, 15) is 4.79 Å². The first-order chi connectivity index (χ1) is 10.1. The molecule has 0 atom stereocenters. The van der Waals surface area contributed by atoms with Crippen molar-refractivity contribution in [1.82, 2.24) is 4.90 Å². The summed E-state index contributed by atoms with van der Waals surface area (Å²) in [5, 5.41) is 0. The van der Waals surface area contributed by atoms with Gasteiger partial charge < -0.3 is 4.74 Å². The average Bonchev–Trinajstić information content (AvgIpc) is 2.50. The predicted octanol–water partition coefficient (Wildman–Crippen LogP) is 3.32. The maximum Gasteiger partial charge on any atom is 0.139 e. The summed E-state index contributed by atoms with van der Waals surface area (Å²) in [5.74, 6) is 1.28. The first-order valence-electron chi connectivity index (χ1n) is 8.12. The van der Waals surface area contributed by atoms with Crippen molar-refractivity contribution in [3.63, 3.8) is 0 Å². The van der Waals surface area contributed by atoms with Crippen LogP contribution < -0.4 is 4.74 Å². The Labute approximate surface area is 128 Å². The minimum atomic E-state index is 0.102. The van der Waals surface area contributed by atoms with Crippen molar-refractivity contribution in [1.29, 1.82) is 0 Å². The van der Waals surface area contributed by atoms with Gasteiger partial charge in [-0.05, 0) is 43.6 Å². The smallest absolute Gasteiger partial charge is 0.139 e. The maximum atomic E-state index is 11.7. The second kappa shape index (κ2) is 8.18. The Morgan fingerprint density at radius 3 is 2.43 bits per heavy atom. The van der Waals surface area contributed by atoms with Crippen LogP contribution in [-0.2, 0) is 11.2 Å². The Morgan fingerprint density at radius 2 is 1.81 bits per heavy atom. The van der Waals surface area contributed by atoms with Gasteiger partial charge in [-0.1, -0.05) is 32.4 Å². The molecule has 3 heteroatoms. The van der Waals surface area contributed by atoms with E-state index in [0.29, 0.717) is 6.42 Å². The van der Waals surface area contributed by atoms with Gasteiger partial charge in [-0.3, -0.25) is 9.69 Å². The molecule has 1 aromatic carbocycles. The number of rotatable bonds is 7. The van der Waals surface area contributed by atoms with E-state index >= 15 is 0 Å². The average molecular weight is 289 g/mol. The molecule has 0 aromatic heterocycles. The minimum Gasteiger partial charge on any atom is -0.492 e. The molecule has 1 heterocycles. The molecule has 1 saturated heterocycles. The highest BCUT2D eigenvalue weighted by Crippen LogP contribution is 2.14. The van der Waals surface area contributed by atoms with Gasteiger partial charge in [-0.15, -0.1) is 0 Å². The molecule has 3 nitrogen and oxygen atoms in total. The van der Waals surface area contributed by atoms with Crippen LogP contribution in [-0.4, -0.2) is 36.9 Å². The molecule has 0 saturated carbocycles. The van der Waals surface area contributed by atoms with Crippen molar-refractivity contribution in [3.8, 4) is 5.75 Å². The van der Waals surface area contributed by atoms with E-state index < -0.39 is 0 Å². The number of piperidine rings is 1. The van der Waals surface area contributed by atoms with Gasteiger partial charge in [-0.2, -0.15) is 0 Å². The van der Waals surface area contributed by atoms with Crippen molar-refractivity contribution in [2.24, 2.45) is 5.92 Å². The molecular weight excluding hydrogens is 262 g/mol. The highest BCUT2D eigenvalue weighted by Gasteiger charge is 2.10. The third-order valence-corrected chi connectivity index (χ3v) is 4.07. The molecule has 1 aromatic rings. The molecule has 0 N–H and O–H groups in total. The highest BCUT2D eigenvalue weighted by molar-refractivity contribution is 5.82. The van der Waals surface area contributed by atoms with Crippen molar-refractivity contribution in [2.75, 3.05) is 26.2 Å². The monoisotopic (exact) mass is 289 g/mol. The number of ketones is 1. The summed E-state index contributed by atoms with van der Waals surface area (Å²) >= 11 is 0. The molecule has 0 amide bonds. The number of carbonyl (C=O) groups excluding carboxylic acids is 1. The number of carbonyl (C=O) groups is 1. The molecule has 0 spiro atoms. The van der Waals surface area contributed by atoms with Crippen LogP contribution in [0.3, 0.4) is 0 Å². The molecule has 1 aliphatic heterocycles. The number of Topliss-reactive ketones (excluding diaryl/α,β-unsaturated/α-hetero) is 1. The van der Waals surface area contributed by atoms with E-state index in [2.05, 4.69) is 4.90 Å². The van der Waals surface area contributed by atoms with Crippen LogP contribution in [0.4, 0.5) is 0 Å². The fourth-order valence-corrected chi connectivity index (χ4v) is 2.58. The van der Waals surface area contributed by atoms with Crippen molar-refractivity contribution in [2.45, 2.75) is 39.5 Å². The SMILES string of the molecule is CC(C)C(=O)Cc1ccc(OCCN2CCCCC2)cc1. The van der Waals surface area contributed by atoms with Gasteiger partial charge in [-0.25, -0.2) is 0 Å². The summed E-state index contributed by atoms with van der Waals surface area (Å²) in [6, 6.07) is 7.94. The van der Waals surface area contributed by atoms with Crippen molar-refractivity contribution in [3.05, 3.63) is 29.8 Å². The van der Waals surface area contributed by atoms with Gasteiger partial charge in [0.1, 0.15) is 18.1 Å². The quantitative estimate of drug-likeness (QED) is 0.771. The molecule has 116 valence electrons. The van der Waals surface area contributed by atoms with Gasteiger partial charge in [0.2, 0.25) is 0 Å². The summed E-state index contributed by atoms with van der Waals surface area (Å²) < 4.78 is 5.79. The lowest BCUT2D eigenvalue weighted by molar-refractivity contribution is -0.121. The Hall–Kier alpha value is -1.35. The Bertz CT molecular complexity index is 433. The first kappa shape index (κ1) is 16.0. The second-order valence-electron chi connectivity index (χ2n) is 6.19. The van der Waals surface area contributed by atoms with Gasteiger partial charge in [0.05, 0.1) is 0 Å². The first-order valence-corrected chi connectivity index (χ1v) is 8.12. The van der Waals surface area contributed by atoms with E-state index in [0.717, 1.165) is 24.5 Å². The van der Waals surface area contributed by atoms with Gasteiger partial charge in [0.15, 0.2) is 0 Å². The molecule has 0 unspecified atom stereocenters. The molecule has 0 aliphatic carbocycles. The third kappa shape index (κ3) is 5.50.